The Kier molecular flexibility index (Phi) is 7.63. The molecule has 2 saturated heterocycles. The first kappa shape index (κ1) is 23.8. The lowest BCUT2D eigenvalue weighted by molar-refractivity contribution is -0.128. The maximum absolute atomic E-state index is 13.2. The molecular weight excluding hydrogens is 463 g/mol. The summed E-state index contributed by atoms with van der Waals surface area (Å²) in [5, 5.41) is 9.74. The van der Waals surface area contributed by atoms with E-state index in [9.17, 15) is 9.18 Å². The van der Waals surface area contributed by atoms with Gasteiger partial charge in [-0.25, -0.2) is 4.39 Å². The van der Waals surface area contributed by atoms with E-state index >= 15 is 0 Å². The largest absolute Gasteiger partial charge is 0.368 e. The van der Waals surface area contributed by atoms with Crippen molar-refractivity contribution in [2.75, 3.05) is 49.9 Å². The van der Waals surface area contributed by atoms with Crippen molar-refractivity contribution in [1.29, 1.82) is 0 Å². The number of carbonyl (C=O) groups is 1. The number of hydrogen-bond donors (Lipinski definition) is 0. The summed E-state index contributed by atoms with van der Waals surface area (Å²) in [4.78, 5) is 19.5. The van der Waals surface area contributed by atoms with E-state index in [0.717, 1.165) is 55.1 Å². The monoisotopic (exact) mass is 494 g/mol. The molecule has 0 N–H and O–H groups in total. The van der Waals surface area contributed by atoms with Crippen molar-refractivity contribution in [3.63, 3.8) is 0 Å². The Morgan fingerprint density at radius 1 is 0.829 bits per heavy atom. The highest BCUT2D eigenvalue weighted by atomic mass is 32.2. The van der Waals surface area contributed by atoms with Crippen LogP contribution in [0.15, 0.2) is 59.8 Å². The first-order valence-electron chi connectivity index (χ1n) is 12.3. The van der Waals surface area contributed by atoms with Crippen molar-refractivity contribution in [1.82, 2.24) is 24.6 Å². The Balaban J connectivity index is 1.22. The number of likely N-dealkylation sites (tertiary alicyclic amines) is 1. The molecule has 9 heteroatoms. The van der Waals surface area contributed by atoms with E-state index in [1.54, 1.807) is 12.1 Å². The molecule has 2 fully saturated rings. The van der Waals surface area contributed by atoms with Crippen molar-refractivity contribution in [2.24, 2.45) is 0 Å². The highest BCUT2D eigenvalue weighted by Gasteiger charge is 2.23. The third kappa shape index (κ3) is 5.85. The maximum atomic E-state index is 13.2. The van der Waals surface area contributed by atoms with E-state index in [-0.39, 0.29) is 11.7 Å². The van der Waals surface area contributed by atoms with Crippen LogP contribution in [0.2, 0.25) is 0 Å². The Bertz CT molecular complexity index is 1110. The van der Waals surface area contributed by atoms with Gasteiger partial charge in [0.15, 0.2) is 11.0 Å². The average Bonchev–Trinajstić information content (AvgIpc) is 3.31. The van der Waals surface area contributed by atoms with E-state index < -0.39 is 0 Å². The Morgan fingerprint density at radius 2 is 1.54 bits per heavy atom. The molecule has 1 aromatic heterocycles. The van der Waals surface area contributed by atoms with Gasteiger partial charge in [0.2, 0.25) is 5.91 Å². The topological polar surface area (TPSA) is 57.5 Å². The first-order chi connectivity index (χ1) is 17.2. The molecule has 2 aliphatic heterocycles. The maximum Gasteiger partial charge on any atom is 0.233 e. The quantitative estimate of drug-likeness (QED) is 0.466. The van der Waals surface area contributed by atoms with Gasteiger partial charge in [0.1, 0.15) is 5.82 Å². The van der Waals surface area contributed by atoms with Crippen molar-refractivity contribution in [3.05, 3.63) is 66.2 Å². The molecule has 5 rings (SSSR count). The molecule has 0 unspecified atom stereocenters. The average molecular weight is 495 g/mol. The zero-order chi connectivity index (χ0) is 24.0. The lowest BCUT2D eigenvalue weighted by Gasteiger charge is -2.36. The zero-order valence-corrected chi connectivity index (χ0v) is 20.7. The van der Waals surface area contributed by atoms with Crippen molar-refractivity contribution in [2.45, 2.75) is 31.0 Å². The highest BCUT2D eigenvalue weighted by Crippen LogP contribution is 2.24. The minimum Gasteiger partial charge on any atom is -0.368 e. The van der Waals surface area contributed by atoms with Crippen molar-refractivity contribution >= 4 is 23.4 Å². The number of anilines is 1. The van der Waals surface area contributed by atoms with Gasteiger partial charge < -0.3 is 9.80 Å². The summed E-state index contributed by atoms with van der Waals surface area (Å²) >= 11 is 1.45. The van der Waals surface area contributed by atoms with Gasteiger partial charge in [-0.3, -0.25) is 14.3 Å². The predicted octanol–water partition coefficient (Wildman–Crippen LogP) is 3.83. The highest BCUT2D eigenvalue weighted by molar-refractivity contribution is 7.99. The van der Waals surface area contributed by atoms with E-state index in [2.05, 4.69) is 36.7 Å². The number of thioether (sulfide) groups is 1. The predicted molar refractivity (Wildman–Crippen MR) is 136 cm³/mol. The summed E-state index contributed by atoms with van der Waals surface area (Å²) < 4.78 is 15.3. The lowest BCUT2D eigenvalue weighted by Crippen LogP contribution is -2.49. The third-order valence-electron chi connectivity index (χ3n) is 6.68. The van der Waals surface area contributed by atoms with Gasteiger partial charge in [0.05, 0.1) is 12.3 Å². The molecule has 3 heterocycles. The molecule has 0 spiro atoms. The number of nitrogens with zero attached hydrogens (tertiary/aromatic N) is 6. The summed E-state index contributed by atoms with van der Waals surface area (Å²) in [6.45, 7) is 5.73. The van der Waals surface area contributed by atoms with Crippen LogP contribution in [0.4, 0.5) is 10.1 Å². The molecule has 0 saturated carbocycles. The fourth-order valence-corrected chi connectivity index (χ4v) is 5.61. The van der Waals surface area contributed by atoms with Gasteiger partial charge >= 0.3 is 0 Å². The third-order valence-corrected chi connectivity index (χ3v) is 7.59. The summed E-state index contributed by atoms with van der Waals surface area (Å²) in [6, 6.07) is 16.7. The van der Waals surface area contributed by atoms with Crippen LogP contribution < -0.4 is 4.90 Å². The number of amides is 1. The summed E-state index contributed by atoms with van der Waals surface area (Å²) in [6.07, 6.45) is 3.75. The van der Waals surface area contributed by atoms with Crippen LogP contribution in [-0.2, 0) is 11.3 Å². The molecule has 0 aliphatic carbocycles. The van der Waals surface area contributed by atoms with Crippen LogP contribution in [0.5, 0.6) is 0 Å². The van der Waals surface area contributed by atoms with Crippen molar-refractivity contribution < 1.29 is 9.18 Å². The molecule has 3 aromatic rings. The molecule has 2 aromatic carbocycles. The second-order valence-corrected chi connectivity index (χ2v) is 9.98. The Labute approximate surface area is 209 Å². The van der Waals surface area contributed by atoms with Crippen LogP contribution in [0.3, 0.4) is 0 Å². The standard InChI is InChI=1S/C26H31FN6OS/c27-21-9-11-22(12-10-21)31-15-17-32(18-16-31)25(34)20-35-26-29-28-24(19-30-13-5-2-6-14-30)33(26)23-7-3-1-4-8-23/h1,3-4,7-12H,2,5-6,13-20H2. The fourth-order valence-electron chi connectivity index (χ4n) is 4.73. The summed E-state index contributed by atoms with van der Waals surface area (Å²) in [7, 11) is 0. The molecule has 1 amide bonds. The van der Waals surface area contributed by atoms with Crippen LogP contribution in [-0.4, -0.2) is 75.5 Å². The van der Waals surface area contributed by atoms with Crippen LogP contribution in [0, 0.1) is 5.82 Å². The molecule has 184 valence electrons. The smallest absolute Gasteiger partial charge is 0.233 e. The fraction of sp³-hybridized carbons (Fsp3) is 0.423. The summed E-state index contributed by atoms with van der Waals surface area (Å²) in [5.74, 6) is 1.11. The van der Waals surface area contributed by atoms with Gasteiger partial charge in [0.25, 0.3) is 0 Å². The molecule has 2 aliphatic rings. The lowest BCUT2D eigenvalue weighted by atomic mass is 10.1. The van der Waals surface area contributed by atoms with Gasteiger partial charge in [-0.15, -0.1) is 10.2 Å². The van der Waals surface area contributed by atoms with Crippen LogP contribution in [0.25, 0.3) is 5.69 Å². The normalized spacial score (nSPS) is 17.1. The molecular formula is C26H31FN6OS. The SMILES string of the molecule is O=C(CSc1nnc(CN2CCCCC2)n1-c1ccccc1)N1CCN(c2ccc(F)cc2)CC1. The van der Waals surface area contributed by atoms with Gasteiger partial charge in [-0.2, -0.15) is 0 Å². The first-order valence-corrected chi connectivity index (χ1v) is 13.3. The Hall–Kier alpha value is -2.91. The van der Waals surface area contributed by atoms with E-state index in [4.69, 9.17) is 0 Å². The molecule has 0 atom stereocenters. The van der Waals surface area contributed by atoms with Gasteiger partial charge in [0, 0.05) is 37.6 Å². The molecule has 7 nitrogen and oxygen atoms in total. The number of benzene rings is 2. The minimum absolute atomic E-state index is 0.106. The summed E-state index contributed by atoms with van der Waals surface area (Å²) in [5.41, 5.74) is 2.01. The number of rotatable bonds is 7. The van der Waals surface area contributed by atoms with Gasteiger partial charge in [-0.1, -0.05) is 36.4 Å². The minimum atomic E-state index is -0.234. The number of piperidine rings is 1. The number of aromatic nitrogens is 3. The molecule has 0 radical (unpaired) electrons. The number of piperazine rings is 1. The number of para-hydroxylation sites is 1. The van der Waals surface area contributed by atoms with Crippen molar-refractivity contribution in [3.8, 4) is 5.69 Å². The Morgan fingerprint density at radius 3 is 2.26 bits per heavy atom. The molecule has 0 bridgehead atoms. The van der Waals surface area contributed by atoms with E-state index in [1.807, 2.05) is 23.1 Å². The second-order valence-electron chi connectivity index (χ2n) is 9.04. The van der Waals surface area contributed by atoms with Gasteiger partial charge in [-0.05, 0) is 62.3 Å². The number of carbonyl (C=O) groups excluding carboxylic acids is 1. The molecule has 35 heavy (non-hydrogen) atoms. The van der Waals surface area contributed by atoms with E-state index in [0.29, 0.717) is 18.8 Å². The number of hydrogen-bond acceptors (Lipinski definition) is 6. The second kappa shape index (κ2) is 11.2. The van der Waals surface area contributed by atoms with E-state index in [1.165, 1.54) is 43.2 Å². The van der Waals surface area contributed by atoms with Crippen LogP contribution in [0.1, 0.15) is 25.1 Å². The van der Waals surface area contributed by atoms with Crippen LogP contribution >= 0.6 is 11.8 Å². The number of halogens is 1. The zero-order valence-electron chi connectivity index (χ0n) is 19.9.